The molecule has 5 N–H and O–H groups in total. The van der Waals surface area contributed by atoms with E-state index in [9.17, 15) is 30.3 Å². The molecule has 16 saturated heterocycles. The van der Waals surface area contributed by atoms with Crippen LogP contribution in [0.15, 0.2) is 24.3 Å². The van der Waals surface area contributed by atoms with Gasteiger partial charge in [-0.15, -0.1) is 0 Å². The molecule has 16 aliphatic heterocycles. The molecule has 452 valence electrons. The van der Waals surface area contributed by atoms with Crippen molar-refractivity contribution in [1.82, 2.24) is 0 Å². The summed E-state index contributed by atoms with van der Waals surface area (Å²) in [7, 11) is 0. The minimum Gasteiger partial charge on any atom is -0.459 e. The molecule has 21 nitrogen and oxygen atoms in total. The summed E-state index contributed by atoms with van der Waals surface area (Å²) in [4.78, 5) is 14.6. The first kappa shape index (κ1) is 55.7. The van der Waals surface area contributed by atoms with Crippen LogP contribution in [0.1, 0.15) is 137 Å². The lowest BCUT2D eigenvalue weighted by Crippen LogP contribution is -2.63. The van der Waals surface area contributed by atoms with Gasteiger partial charge in [-0.3, -0.25) is 4.79 Å². The summed E-state index contributed by atoms with van der Waals surface area (Å²) in [6.45, 7) is 17.2. The van der Waals surface area contributed by atoms with Gasteiger partial charge in [0.1, 0.15) is 36.6 Å². The van der Waals surface area contributed by atoms with Gasteiger partial charge in [-0.2, -0.15) is 0 Å². The fourth-order valence-electron chi connectivity index (χ4n) is 18.2. The van der Waals surface area contributed by atoms with Crippen molar-refractivity contribution in [3.63, 3.8) is 0 Å². The molecule has 0 aromatic carbocycles. The van der Waals surface area contributed by atoms with E-state index in [2.05, 4.69) is 40.9 Å². The fourth-order valence-corrected chi connectivity index (χ4v) is 18.2. The molecule has 16 rings (SSSR count). The molecule has 1 unspecified atom stereocenters. The van der Waals surface area contributed by atoms with Crippen LogP contribution in [0.3, 0.4) is 0 Å². The highest BCUT2D eigenvalue weighted by Gasteiger charge is 2.79. The highest BCUT2D eigenvalue weighted by molar-refractivity contribution is 5.70. The summed E-state index contributed by atoms with van der Waals surface area (Å²) in [5.41, 5.74) is 1.99. The van der Waals surface area contributed by atoms with E-state index in [1.54, 1.807) is 0 Å². The minimum absolute atomic E-state index is 0.0207. The second-order valence-corrected chi connectivity index (χ2v) is 27.8. The summed E-state index contributed by atoms with van der Waals surface area (Å²) in [6.07, 6.45) is -5.06. The van der Waals surface area contributed by atoms with Crippen molar-refractivity contribution in [2.45, 2.75) is 313 Å². The normalized spacial score (nSPS) is 57.9. The lowest BCUT2D eigenvalue weighted by molar-refractivity contribution is -0.347. The summed E-state index contributed by atoms with van der Waals surface area (Å²) < 4.78 is 102. The van der Waals surface area contributed by atoms with Gasteiger partial charge in [0, 0.05) is 63.7 Å². The van der Waals surface area contributed by atoms with Crippen LogP contribution in [0.2, 0.25) is 0 Å². The summed E-state index contributed by atoms with van der Waals surface area (Å²) in [5, 5.41) is 54.2. The van der Waals surface area contributed by atoms with Crippen LogP contribution in [0, 0.1) is 23.7 Å². The monoisotopic (exact) mass is 1140 g/mol. The molecule has 0 saturated carbocycles. The number of aliphatic hydroxyl groups is 5. The van der Waals surface area contributed by atoms with Crippen LogP contribution in [-0.4, -0.2) is 214 Å². The zero-order chi connectivity index (χ0) is 55.8. The van der Waals surface area contributed by atoms with Crippen LogP contribution < -0.4 is 0 Å². The molecule has 12 bridgehead atoms. The molecule has 16 fully saturated rings. The lowest BCUT2D eigenvalue weighted by atomic mass is 9.79. The third kappa shape index (κ3) is 9.28. The van der Waals surface area contributed by atoms with Crippen molar-refractivity contribution in [2.75, 3.05) is 6.61 Å². The maximum Gasteiger partial charge on any atom is 0.308 e. The lowest BCUT2D eigenvalue weighted by Gasteiger charge is -2.50. The smallest absolute Gasteiger partial charge is 0.308 e. The molecular weight excluding hydrogens is 1060 g/mol. The Balaban J connectivity index is 0.660. The molecule has 0 amide bonds. The first-order chi connectivity index (χ1) is 38.8. The zero-order valence-corrected chi connectivity index (χ0v) is 47.2. The predicted octanol–water partition coefficient (Wildman–Crippen LogP) is 3.22. The number of ether oxygens (including phenoxy) is 15. The summed E-state index contributed by atoms with van der Waals surface area (Å²) in [5.74, 6) is -5.84. The largest absolute Gasteiger partial charge is 0.459 e. The van der Waals surface area contributed by atoms with Crippen molar-refractivity contribution in [3.8, 4) is 0 Å². The third-order valence-electron chi connectivity index (χ3n) is 22.2. The molecule has 21 heteroatoms. The Morgan fingerprint density at radius 1 is 0.568 bits per heavy atom. The molecule has 16 heterocycles. The molecule has 0 aromatic rings. The Kier molecular flexibility index (Phi) is 14.0. The Labute approximate surface area is 473 Å². The highest BCUT2D eigenvalue weighted by atomic mass is 16.8. The molecule has 81 heavy (non-hydrogen) atoms. The molecule has 33 atom stereocenters. The Hall–Kier alpha value is -1.81. The number of aliphatic hydroxyl groups excluding tert-OH is 4. The van der Waals surface area contributed by atoms with Crippen LogP contribution >= 0.6 is 0 Å². The molecule has 0 aliphatic carbocycles. The van der Waals surface area contributed by atoms with E-state index < -0.39 is 121 Å². The molecule has 0 radical (unpaired) electrons. The fraction of sp³-hybridized carbons (Fsp3) is 0.917. The third-order valence-corrected chi connectivity index (χ3v) is 22.2. The van der Waals surface area contributed by atoms with Gasteiger partial charge in [0.05, 0.1) is 123 Å². The average Bonchev–Trinajstić information content (AvgIpc) is 4.41. The van der Waals surface area contributed by atoms with Crippen LogP contribution in [-0.2, 0) is 75.8 Å². The Bertz CT molecular complexity index is 2430. The number of carbonyl (C=O) groups is 1. The van der Waals surface area contributed by atoms with Gasteiger partial charge >= 0.3 is 5.97 Å². The van der Waals surface area contributed by atoms with Crippen molar-refractivity contribution < 1.29 is 101 Å². The SMILES string of the molecule is C=C1C[C@@H]2CC[C@]34OC5[C@@H]6O[C@H]7CC[C@H](CC(=O)O[C@@H]8[C@@H](C)[C@@H]9O[C@@H]%10C[C@]%11(C[C@@H]%12O[C@]%13(C[C@H](C)[C@@H]%14O[C@H]([C@@H](O)C[C@@H](O)CO)C[C@@H]%14O%13)C[C@H](C)[C@@H]%12O%11)O[C@@H]%10C[C@@H]9O[C@H]8C[C@H]8O[C@@H](CC[C@@H]1O2)C[C@@H](C)C8=C)O[C@@H]7[C@H](O3)[C@@H]6O[C@@]5(O)[C@H]4O. The molecule has 3 spiro atoms. The van der Waals surface area contributed by atoms with Gasteiger partial charge in [-0.05, 0) is 73.8 Å². The van der Waals surface area contributed by atoms with Crippen molar-refractivity contribution in [3.05, 3.63) is 24.3 Å². The number of fused-ring (bicyclic) bond motifs is 10. The Morgan fingerprint density at radius 3 is 2.10 bits per heavy atom. The van der Waals surface area contributed by atoms with Crippen LogP contribution in [0.5, 0.6) is 0 Å². The maximum atomic E-state index is 14.6. The highest BCUT2D eigenvalue weighted by Crippen LogP contribution is 2.60. The summed E-state index contributed by atoms with van der Waals surface area (Å²) >= 11 is 0. The van der Waals surface area contributed by atoms with Crippen molar-refractivity contribution in [2.24, 2.45) is 23.7 Å². The zero-order valence-electron chi connectivity index (χ0n) is 47.2. The number of rotatable bonds is 4. The van der Waals surface area contributed by atoms with Gasteiger partial charge in [-0.25, -0.2) is 0 Å². The van der Waals surface area contributed by atoms with Crippen molar-refractivity contribution >= 4 is 5.97 Å². The minimum atomic E-state index is -2.03. The second-order valence-electron chi connectivity index (χ2n) is 27.8. The van der Waals surface area contributed by atoms with E-state index >= 15 is 0 Å². The summed E-state index contributed by atoms with van der Waals surface area (Å²) in [6, 6.07) is 0. The maximum absolute atomic E-state index is 14.6. The van der Waals surface area contributed by atoms with Gasteiger partial charge in [-0.1, -0.05) is 40.9 Å². The van der Waals surface area contributed by atoms with Gasteiger partial charge in [0.2, 0.25) is 11.6 Å². The molecule has 16 aliphatic rings. The van der Waals surface area contributed by atoms with E-state index in [-0.39, 0.29) is 110 Å². The van der Waals surface area contributed by atoms with Gasteiger partial charge in [0.25, 0.3) is 0 Å². The number of hydrogen-bond donors (Lipinski definition) is 5. The van der Waals surface area contributed by atoms with Gasteiger partial charge < -0.3 is 96.6 Å². The predicted molar refractivity (Wildman–Crippen MR) is 276 cm³/mol. The number of esters is 1. The molecule has 0 aromatic heterocycles. The quantitative estimate of drug-likeness (QED) is 0.200. The van der Waals surface area contributed by atoms with Crippen LogP contribution in [0.4, 0.5) is 0 Å². The number of carbonyl (C=O) groups excluding carboxylic acids is 1. The first-order valence-corrected chi connectivity index (χ1v) is 31.0. The van der Waals surface area contributed by atoms with E-state index in [0.717, 1.165) is 24.0 Å². The van der Waals surface area contributed by atoms with Crippen molar-refractivity contribution in [1.29, 1.82) is 0 Å². The Morgan fingerprint density at radius 2 is 1.27 bits per heavy atom. The molecular formula is C60H86O21. The topological polar surface area (TPSA) is 257 Å². The van der Waals surface area contributed by atoms with E-state index in [1.165, 1.54) is 0 Å². The van der Waals surface area contributed by atoms with E-state index in [0.29, 0.717) is 77.0 Å². The van der Waals surface area contributed by atoms with E-state index in [4.69, 9.17) is 71.1 Å². The van der Waals surface area contributed by atoms with Gasteiger partial charge in [0.15, 0.2) is 17.7 Å². The van der Waals surface area contributed by atoms with Crippen LogP contribution in [0.25, 0.3) is 0 Å². The standard InChI is InChI=1S/C60H86O21/c1-25-13-32-7-9-36-26(2)14-34(67-36)11-12-59-56(65)60(66)55(81-59)54-53(80-60)52(79-59)51-37(71-54)10-8-33(69-51)16-46(64)74-50-30(6)49-42(70-41(50)17-38(68-32)29(25)5)19-40-44(73-49)22-58(75-40)23-45-48(78-58)28(4)21-57(77-45)20-27(3)47-43(76-57)18-39(72-47)35(63)15-31(62)24-61/h25,27-28,30-45,47-56,61-63,65-66H,2,5,7-24H2,1,3-4,6H3/t25-,27+,28+,30+,31-,32+,33-,34+,35+,36+,37+,38-,39+,40-,41+,42+,43+,44-,45+,47+,48+,49+,50-,51+,52+,53+,54-,55?,56+,57-,58+,59-,60-/m1/s1. The average molecular weight is 1140 g/mol. The second kappa shape index (κ2) is 20.4. The van der Waals surface area contributed by atoms with E-state index in [1.807, 2.05) is 0 Å². The number of hydrogen-bond acceptors (Lipinski definition) is 21. The first-order valence-electron chi connectivity index (χ1n) is 31.0.